The number of ether oxygens (including phenoxy) is 1. The number of rotatable bonds is 7. The van der Waals surface area contributed by atoms with Crippen molar-refractivity contribution in [2.24, 2.45) is 0 Å². The van der Waals surface area contributed by atoms with Crippen molar-refractivity contribution in [2.45, 2.75) is 6.10 Å². The second kappa shape index (κ2) is 8.85. The highest BCUT2D eigenvalue weighted by molar-refractivity contribution is 7.13. The summed E-state index contributed by atoms with van der Waals surface area (Å²) in [6.07, 6.45) is -0.771. The number of hydrogen-bond donors (Lipinski definition) is 2. The summed E-state index contributed by atoms with van der Waals surface area (Å²) >= 11 is 7.46. The van der Waals surface area contributed by atoms with Crippen LogP contribution < -0.4 is 10.1 Å². The summed E-state index contributed by atoms with van der Waals surface area (Å²) in [5.74, 6) is 0.267. The maximum Gasteiger partial charge on any atom is 0.258 e. The van der Waals surface area contributed by atoms with Gasteiger partial charge in [0.15, 0.2) is 6.61 Å². The molecule has 134 valence electrons. The first kappa shape index (κ1) is 18.5. The van der Waals surface area contributed by atoms with Gasteiger partial charge >= 0.3 is 0 Å². The Balaban J connectivity index is 1.46. The third kappa shape index (κ3) is 5.08. The molecule has 6 heteroatoms. The van der Waals surface area contributed by atoms with Crippen molar-refractivity contribution in [3.63, 3.8) is 0 Å². The maximum absolute atomic E-state index is 11.9. The summed E-state index contributed by atoms with van der Waals surface area (Å²) in [7, 11) is 0. The number of halogens is 1. The van der Waals surface area contributed by atoms with E-state index in [0.717, 1.165) is 11.1 Å². The zero-order valence-corrected chi connectivity index (χ0v) is 15.5. The Morgan fingerprint density at radius 1 is 1.12 bits per heavy atom. The lowest BCUT2D eigenvalue weighted by atomic mass is 10.1. The molecule has 3 aromatic rings. The SMILES string of the molecule is O=C(COc1ccc(Cl)cc1)NCC(O)c1ccc(-c2cccs2)cc1. The Bertz CT molecular complexity index is 833. The van der Waals surface area contributed by atoms with E-state index in [1.54, 1.807) is 35.6 Å². The topological polar surface area (TPSA) is 58.6 Å². The second-order valence-electron chi connectivity index (χ2n) is 5.66. The zero-order valence-electron chi connectivity index (χ0n) is 13.9. The van der Waals surface area contributed by atoms with Crippen LogP contribution in [0.4, 0.5) is 0 Å². The average molecular weight is 388 g/mol. The molecule has 0 aliphatic rings. The number of carbonyl (C=O) groups excluding carboxylic acids is 1. The van der Waals surface area contributed by atoms with E-state index in [0.29, 0.717) is 10.8 Å². The lowest BCUT2D eigenvalue weighted by Crippen LogP contribution is -2.32. The molecule has 0 spiro atoms. The summed E-state index contributed by atoms with van der Waals surface area (Å²) in [6, 6.07) is 18.5. The molecular weight excluding hydrogens is 370 g/mol. The maximum atomic E-state index is 11.9. The summed E-state index contributed by atoms with van der Waals surface area (Å²) in [6.45, 7) is 0.00677. The molecule has 0 fully saturated rings. The van der Waals surface area contributed by atoms with Gasteiger partial charge in [-0.25, -0.2) is 0 Å². The van der Waals surface area contributed by atoms with E-state index in [1.165, 1.54) is 4.88 Å². The number of amides is 1. The minimum absolute atomic E-state index is 0.119. The molecule has 0 saturated carbocycles. The molecule has 0 radical (unpaired) electrons. The fourth-order valence-electron chi connectivity index (χ4n) is 2.37. The molecule has 1 heterocycles. The number of thiophene rings is 1. The van der Waals surface area contributed by atoms with E-state index >= 15 is 0 Å². The van der Waals surface area contributed by atoms with Crippen molar-refractivity contribution in [2.75, 3.05) is 13.2 Å². The van der Waals surface area contributed by atoms with Crippen molar-refractivity contribution in [1.82, 2.24) is 5.32 Å². The summed E-state index contributed by atoms with van der Waals surface area (Å²) in [5.41, 5.74) is 1.86. The van der Waals surface area contributed by atoms with Crippen molar-refractivity contribution >= 4 is 28.8 Å². The molecule has 2 aromatic carbocycles. The molecule has 1 aromatic heterocycles. The first-order chi connectivity index (χ1) is 12.6. The van der Waals surface area contributed by atoms with Gasteiger partial charge in [-0.3, -0.25) is 4.79 Å². The van der Waals surface area contributed by atoms with Gasteiger partial charge in [-0.1, -0.05) is 41.9 Å². The van der Waals surface area contributed by atoms with Gasteiger partial charge in [0.2, 0.25) is 0 Å². The third-order valence-electron chi connectivity index (χ3n) is 3.78. The van der Waals surface area contributed by atoms with Gasteiger partial charge in [0.1, 0.15) is 5.75 Å². The van der Waals surface area contributed by atoms with Crippen molar-refractivity contribution in [1.29, 1.82) is 0 Å². The molecule has 3 rings (SSSR count). The van der Waals surface area contributed by atoms with Crippen LogP contribution in [-0.2, 0) is 4.79 Å². The highest BCUT2D eigenvalue weighted by atomic mass is 35.5. The number of carbonyl (C=O) groups is 1. The van der Waals surface area contributed by atoms with E-state index < -0.39 is 6.10 Å². The molecule has 0 aliphatic carbocycles. The monoisotopic (exact) mass is 387 g/mol. The van der Waals surface area contributed by atoms with Crippen LogP contribution in [0.5, 0.6) is 5.75 Å². The third-order valence-corrected chi connectivity index (χ3v) is 4.95. The summed E-state index contributed by atoms with van der Waals surface area (Å²) < 4.78 is 5.37. The molecular formula is C20H18ClNO3S. The number of hydrogen-bond acceptors (Lipinski definition) is 4. The Labute approximate surface area is 161 Å². The van der Waals surface area contributed by atoms with Crippen LogP contribution in [0, 0.1) is 0 Å². The minimum atomic E-state index is -0.771. The first-order valence-corrected chi connectivity index (χ1v) is 9.34. The zero-order chi connectivity index (χ0) is 18.4. The van der Waals surface area contributed by atoms with Crippen LogP contribution in [0.2, 0.25) is 5.02 Å². The molecule has 2 N–H and O–H groups in total. The Morgan fingerprint density at radius 3 is 2.50 bits per heavy atom. The smallest absolute Gasteiger partial charge is 0.258 e. The summed E-state index contributed by atoms with van der Waals surface area (Å²) in [5, 5.41) is 15.5. The lowest BCUT2D eigenvalue weighted by molar-refractivity contribution is -0.123. The second-order valence-corrected chi connectivity index (χ2v) is 7.05. The molecule has 4 nitrogen and oxygen atoms in total. The van der Waals surface area contributed by atoms with Gasteiger partial charge in [-0.05, 0) is 46.8 Å². The number of nitrogens with one attached hydrogen (secondary N) is 1. The van der Waals surface area contributed by atoms with Crippen molar-refractivity contribution < 1.29 is 14.6 Å². The van der Waals surface area contributed by atoms with Crippen LogP contribution in [0.3, 0.4) is 0 Å². The number of benzene rings is 2. The van der Waals surface area contributed by atoms with Crippen LogP contribution in [0.15, 0.2) is 66.0 Å². The van der Waals surface area contributed by atoms with E-state index in [1.807, 2.05) is 35.7 Å². The molecule has 0 saturated heterocycles. The van der Waals surface area contributed by atoms with Crippen molar-refractivity contribution in [3.8, 4) is 16.2 Å². The van der Waals surface area contributed by atoms with E-state index in [4.69, 9.17) is 16.3 Å². The van der Waals surface area contributed by atoms with Gasteiger partial charge in [-0.2, -0.15) is 0 Å². The van der Waals surface area contributed by atoms with Gasteiger partial charge in [0.05, 0.1) is 6.10 Å². The largest absolute Gasteiger partial charge is 0.484 e. The standard InChI is InChI=1S/C20H18ClNO3S/c21-16-7-9-17(10-8-16)25-13-20(24)22-12-18(23)14-3-5-15(6-4-14)19-2-1-11-26-19/h1-11,18,23H,12-13H2,(H,22,24). The molecule has 0 bridgehead atoms. The van der Waals surface area contributed by atoms with Gasteiger partial charge in [0, 0.05) is 16.4 Å². The van der Waals surface area contributed by atoms with Gasteiger partial charge in [-0.15, -0.1) is 11.3 Å². The fraction of sp³-hybridized carbons (Fsp3) is 0.150. The van der Waals surface area contributed by atoms with E-state index in [2.05, 4.69) is 11.4 Å². The van der Waals surface area contributed by atoms with Crippen LogP contribution in [0.25, 0.3) is 10.4 Å². The molecule has 1 amide bonds. The van der Waals surface area contributed by atoms with Gasteiger partial charge in [0.25, 0.3) is 5.91 Å². The average Bonchev–Trinajstić information content (AvgIpc) is 3.20. The normalized spacial score (nSPS) is 11.8. The van der Waals surface area contributed by atoms with Crippen molar-refractivity contribution in [3.05, 3.63) is 76.6 Å². The van der Waals surface area contributed by atoms with E-state index in [9.17, 15) is 9.90 Å². The highest BCUT2D eigenvalue weighted by Gasteiger charge is 2.10. The molecule has 1 unspecified atom stereocenters. The molecule has 1 atom stereocenters. The first-order valence-electron chi connectivity index (χ1n) is 8.09. The quantitative estimate of drug-likeness (QED) is 0.635. The minimum Gasteiger partial charge on any atom is -0.484 e. The predicted octanol–water partition coefficient (Wildman–Crippen LogP) is 4.30. The summed E-state index contributed by atoms with van der Waals surface area (Å²) in [4.78, 5) is 13.0. The number of aliphatic hydroxyl groups is 1. The Morgan fingerprint density at radius 2 is 1.85 bits per heavy atom. The highest BCUT2D eigenvalue weighted by Crippen LogP contribution is 2.26. The Kier molecular flexibility index (Phi) is 6.28. The number of aliphatic hydroxyl groups excluding tert-OH is 1. The lowest BCUT2D eigenvalue weighted by Gasteiger charge is -2.13. The van der Waals surface area contributed by atoms with Crippen LogP contribution >= 0.6 is 22.9 Å². The molecule has 0 aliphatic heterocycles. The van der Waals surface area contributed by atoms with E-state index in [-0.39, 0.29) is 19.1 Å². The van der Waals surface area contributed by atoms with Gasteiger partial charge < -0.3 is 15.2 Å². The fourth-order valence-corrected chi connectivity index (χ4v) is 3.23. The Hall–Kier alpha value is -2.34. The predicted molar refractivity (Wildman–Crippen MR) is 105 cm³/mol. The van der Waals surface area contributed by atoms with Crippen LogP contribution in [-0.4, -0.2) is 24.2 Å². The molecule has 26 heavy (non-hydrogen) atoms. The van der Waals surface area contributed by atoms with Crippen LogP contribution in [0.1, 0.15) is 11.7 Å².